The molecule has 1 aliphatic carbocycles. The van der Waals surface area contributed by atoms with E-state index in [4.69, 9.17) is 0 Å². The topological polar surface area (TPSA) is 46.9 Å². The summed E-state index contributed by atoms with van der Waals surface area (Å²) in [6, 6.07) is 4.12. The second kappa shape index (κ2) is 5.25. The van der Waals surface area contributed by atoms with E-state index in [1.54, 1.807) is 10.7 Å². The summed E-state index contributed by atoms with van der Waals surface area (Å²) >= 11 is 0. The van der Waals surface area contributed by atoms with Gasteiger partial charge in [0.15, 0.2) is 0 Å². The summed E-state index contributed by atoms with van der Waals surface area (Å²) in [6.07, 6.45) is 4.63. The largest absolute Gasteiger partial charge is 0.308 e. The van der Waals surface area contributed by atoms with Crippen LogP contribution in [0.15, 0.2) is 16.9 Å². The highest BCUT2D eigenvalue weighted by Crippen LogP contribution is 2.18. The molecule has 0 saturated heterocycles. The van der Waals surface area contributed by atoms with Crippen molar-refractivity contribution in [2.24, 2.45) is 0 Å². The maximum absolute atomic E-state index is 11.5. The first kappa shape index (κ1) is 11.3. The Kier molecular flexibility index (Phi) is 3.72. The first-order valence-corrected chi connectivity index (χ1v) is 6.10. The van der Waals surface area contributed by atoms with Gasteiger partial charge in [-0.1, -0.05) is 13.3 Å². The Labute approximate surface area is 95.7 Å². The molecule has 0 atom stereocenters. The number of nitrogens with zero attached hydrogens (tertiary/aromatic N) is 2. The number of nitrogens with one attached hydrogen (secondary N) is 1. The fourth-order valence-corrected chi connectivity index (χ4v) is 1.59. The van der Waals surface area contributed by atoms with E-state index in [2.05, 4.69) is 17.3 Å². The molecule has 0 radical (unpaired) electrons. The Morgan fingerprint density at radius 3 is 3.00 bits per heavy atom. The molecule has 4 nitrogen and oxygen atoms in total. The van der Waals surface area contributed by atoms with Crippen molar-refractivity contribution >= 4 is 0 Å². The zero-order valence-electron chi connectivity index (χ0n) is 9.78. The van der Waals surface area contributed by atoms with Crippen molar-refractivity contribution in [1.82, 2.24) is 15.1 Å². The van der Waals surface area contributed by atoms with Crippen molar-refractivity contribution in [1.29, 1.82) is 0 Å². The number of rotatable bonds is 6. The number of hydrogen-bond donors (Lipinski definition) is 1. The Morgan fingerprint density at radius 2 is 2.31 bits per heavy atom. The molecule has 0 unspecified atom stereocenters. The van der Waals surface area contributed by atoms with Gasteiger partial charge in [0.1, 0.15) is 0 Å². The van der Waals surface area contributed by atoms with E-state index in [1.165, 1.54) is 12.8 Å². The molecule has 16 heavy (non-hydrogen) atoms. The number of aromatic nitrogens is 2. The molecule has 1 heterocycles. The molecule has 0 spiro atoms. The molecular formula is C12H19N3O. The van der Waals surface area contributed by atoms with Crippen LogP contribution in [0.2, 0.25) is 0 Å². The molecule has 0 aromatic carbocycles. The molecule has 1 saturated carbocycles. The maximum atomic E-state index is 11.5. The Morgan fingerprint density at radius 1 is 1.50 bits per heavy atom. The van der Waals surface area contributed by atoms with Gasteiger partial charge in [0.25, 0.3) is 5.56 Å². The third kappa shape index (κ3) is 3.17. The van der Waals surface area contributed by atoms with Crippen LogP contribution in [-0.2, 0) is 13.1 Å². The monoisotopic (exact) mass is 221 g/mol. The lowest BCUT2D eigenvalue weighted by Crippen LogP contribution is -2.25. The zero-order chi connectivity index (χ0) is 11.4. The van der Waals surface area contributed by atoms with Crippen LogP contribution in [0.5, 0.6) is 0 Å². The smallest absolute Gasteiger partial charge is 0.266 e. The second-order valence-corrected chi connectivity index (χ2v) is 4.39. The number of aryl methyl sites for hydroxylation is 1. The molecular weight excluding hydrogens is 202 g/mol. The number of unbranched alkanes of at least 4 members (excludes halogenated alkanes) is 1. The van der Waals surface area contributed by atoms with Gasteiger partial charge in [-0.05, 0) is 25.3 Å². The van der Waals surface area contributed by atoms with Gasteiger partial charge in [-0.3, -0.25) is 4.79 Å². The summed E-state index contributed by atoms with van der Waals surface area (Å²) in [7, 11) is 0. The predicted octanol–water partition coefficient (Wildman–Crippen LogP) is 1.30. The summed E-state index contributed by atoms with van der Waals surface area (Å²) in [5.74, 6) is 0. The lowest BCUT2D eigenvalue weighted by Gasteiger charge is -2.06. The fraction of sp³-hybridized carbons (Fsp3) is 0.667. The van der Waals surface area contributed by atoms with Gasteiger partial charge >= 0.3 is 0 Å². The van der Waals surface area contributed by atoms with E-state index in [0.29, 0.717) is 6.04 Å². The van der Waals surface area contributed by atoms with Crippen molar-refractivity contribution in [3.63, 3.8) is 0 Å². The molecule has 1 aromatic heterocycles. The van der Waals surface area contributed by atoms with Crippen LogP contribution in [0.1, 0.15) is 38.3 Å². The Balaban J connectivity index is 1.98. The second-order valence-electron chi connectivity index (χ2n) is 4.39. The molecule has 0 aliphatic heterocycles. The Bertz CT molecular complexity index is 395. The minimum atomic E-state index is 0.00335. The van der Waals surface area contributed by atoms with Gasteiger partial charge in [0.05, 0.1) is 5.69 Å². The molecule has 1 N–H and O–H groups in total. The normalized spacial score (nSPS) is 15.3. The van der Waals surface area contributed by atoms with Crippen molar-refractivity contribution in [2.75, 3.05) is 0 Å². The van der Waals surface area contributed by atoms with Crippen molar-refractivity contribution < 1.29 is 0 Å². The van der Waals surface area contributed by atoms with E-state index in [9.17, 15) is 4.79 Å². The zero-order valence-corrected chi connectivity index (χ0v) is 9.78. The lowest BCUT2D eigenvalue weighted by atomic mass is 10.3. The van der Waals surface area contributed by atoms with Crippen LogP contribution in [0, 0.1) is 0 Å². The standard InChI is InChI=1S/C12H19N3O/c1-2-3-8-15-12(16)7-6-11(14-15)9-13-10-4-5-10/h6-7,10,13H,2-5,8-9H2,1H3. The number of hydrogen-bond acceptors (Lipinski definition) is 3. The van der Waals surface area contributed by atoms with Crippen molar-refractivity contribution in [3.8, 4) is 0 Å². The highest BCUT2D eigenvalue weighted by atomic mass is 16.1. The third-order valence-electron chi connectivity index (χ3n) is 2.79. The van der Waals surface area contributed by atoms with Crippen molar-refractivity contribution in [2.45, 2.75) is 51.7 Å². The summed E-state index contributed by atoms with van der Waals surface area (Å²) in [4.78, 5) is 11.5. The minimum Gasteiger partial charge on any atom is -0.308 e. The third-order valence-corrected chi connectivity index (χ3v) is 2.79. The van der Waals surface area contributed by atoms with Gasteiger partial charge < -0.3 is 5.32 Å². The van der Waals surface area contributed by atoms with Crippen molar-refractivity contribution in [3.05, 3.63) is 28.2 Å². The molecule has 0 amide bonds. The molecule has 0 bridgehead atoms. The molecule has 1 fully saturated rings. The van der Waals surface area contributed by atoms with E-state index in [-0.39, 0.29) is 5.56 Å². The van der Waals surface area contributed by atoms with Crippen LogP contribution in [-0.4, -0.2) is 15.8 Å². The van der Waals surface area contributed by atoms with E-state index >= 15 is 0 Å². The van der Waals surface area contributed by atoms with Crippen LogP contribution in [0.3, 0.4) is 0 Å². The molecule has 2 rings (SSSR count). The summed E-state index contributed by atoms with van der Waals surface area (Å²) in [6.45, 7) is 3.62. The van der Waals surface area contributed by atoms with Crippen LogP contribution in [0.25, 0.3) is 0 Å². The predicted molar refractivity (Wildman–Crippen MR) is 63.3 cm³/mol. The van der Waals surface area contributed by atoms with Crippen LogP contribution in [0.4, 0.5) is 0 Å². The van der Waals surface area contributed by atoms with Crippen LogP contribution >= 0.6 is 0 Å². The highest BCUT2D eigenvalue weighted by Gasteiger charge is 2.20. The molecule has 88 valence electrons. The molecule has 4 heteroatoms. The van der Waals surface area contributed by atoms with Gasteiger partial charge in [-0.2, -0.15) is 5.10 Å². The maximum Gasteiger partial charge on any atom is 0.266 e. The lowest BCUT2D eigenvalue weighted by molar-refractivity contribution is 0.524. The van der Waals surface area contributed by atoms with Gasteiger partial charge in [-0.15, -0.1) is 0 Å². The Hall–Kier alpha value is -1.16. The van der Waals surface area contributed by atoms with Crippen LogP contribution < -0.4 is 10.9 Å². The average Bonchev–Trinajstić information content (AvgIpc) is 3.10. The molecule has 1 aromatic rings. The highest BCUT2D eigenvalue weighted by molar-refractivity contribution is 5.01. The van der Waals surface area contributed by atoms with Gasteiger partial charge in [0.2, 0.25) is 0 Å². The SMILES string of the molecule is CCCCn1nc(CNC2CC2)ccc1=O. The first-order valence-electron chi connectivity index (χ1n) is 6.10. The van der Waals surface area contributed by atoms with Gasteiger partial charge in [-0.25, -0.2) is 4.68 Å². The first-order chi connectivity index (χ1) is 7.79. The molecule has 1 aliphatic rings. The fourth-order valence-electron chi connectivity index (χ4n) is 1.59. The summed E-state index contributed by atoms with van der Waals surface area (Å²) in [5.41, 5.74) is 0.964. The van der Waals surface area contributed by atoms with E-state index in [0.717, 1.165) is 31.6 Å². The van der Waals surface area contributed by atoms with E-state index < -0.39 is 0 Å². The summed E-state index contributed by atoms with van der Waals surface area (Å²) in [5, 5.41) is 7.75. The quantitative estimate of drug-likeness (QED) is 0.787. The minimum absolute atomic E-state index is 0.00335. The van der Waals surface area contributed by atoms with Gasteiger partial charge in [0, 0.05) is 25.2 Å². The summed E-state index contributed by atoms with van der Waals surface area (Å²) < 4.78 is 1.58. The average molecular weight is 221 g/mol. The van der Waals surface area contributed by atoms with E-state index in [1.807, 2.05) is 6.07 Å².